The monoisotopic (exact) mass is 255 g/mol. The van der Waals surface area contributed by atoms with E-state index in [9.17, 15) is 5.11 Å². The van der Waals surface area contributed by atoms with E-state index < -0.39 is 0 Å². The molecule has 1 saturated heterocycles. The quantitative estimate of drug-likeness (QED) is 0.792. The van der Waals surface area contributed by atoms with Gasteiger partial charge in [0.1, 0.15) is 0 Å². The summed E-state index contributed by atoms with van der Waals surface area (Å²) < 4.78 is 5.46. The summed E-state index contributed by atoms with van der Waals surface area (Å²) >= 11 is 0. The standard InChI is InChI=1S/C15H29NO2/c1-13-2-4-14(5-3-13)12-16-15(6-9-17)7-10-18-11-8-15/h13-14,16-17H,2-12H2,1H3. The van der Waals surface area contributed by atoms with Gasteiger partial charge in [0, 0.05) is 25.4 Å². The van der Waals surface area contributed by atoms with Gasteiger partial charge < -0.3 is 15.2 Å². The van der Waals surface area contributed by atoms with E-state index in [0.717, 1.165) is 50.9 Å². The van der Waals surface area contributed by atoms with Crippen LogP contribution in [0.15, 0.2) is 0 Å². The molecule has 1 saturated carbocycles. The molecule has 0 unspecified atom stereocenters. The minimum Gasteiger partial charge on any atom is -0.396 e. The summed E-state index contributed by atoms with van der Waals surface area (Å²) in [4.78, 5) is 0. The van der Waals surface area contributed by atoms with Crippen LogP contribution in [0.2, 0.25) is 0 Å². The van der Waals surface area contributed by atoms with E-state index in [4.69, 9.17) is 4.74 Å². The second-order valence-corrected chi connectivity index (χ2v) is 6.37. The van der Waals surface area contributed by atoms with Crippen molar-refractivity contribution in [2.45, 2.75) is 57.4 Å². The van der Waals surface area contributed by atoms with E-state index in [1.54, 1.807) is 0 Å². The Labute approximate surface area is 111 Å². The van der Waals surface area contributed by atoms with Crippen LogP contribution in [0, 0.1) is 11.8 Å². The fraction of sp³-hybridized carbons (Fsp3) is 1.00. The van der Waals surface area contributed by atoms with Gasteiger partial charge in [0.25, 0.3) is 0 Å². The molecule has 3 heteroatoms. The van der Waals surface area contributed by atoms with E-state index in [2.05, 4.69) is 12.2 Å². The van der Waals surface area contributed by atoms with Crippen LogP contribution in [0.25, 0.3) is 0 Å². The van der Waals surface area contributed by atoms with Crippen molar-refractivity contribution < 1.29 is 9.84 Å². The molecule has 0 bridgehead atoms. The highest BCUT2D eigenvalue weighted by atomic mass is 16.5. The predicted octanol–water partition coefficient (Wildman–Crippen LogP) is 2.33. The van der Waals surface area contributed by atoms with Crippen molar-refractivity contribution in [3.8, 4) is 0 Å². The minimum atomic E-state index is 0.149. The molecule has 0 aromatic heterocycles. The molecule has 0 atom stereocenters. The van der Waals surface area contributed by atoms with Crippen LogP contribution >= 0.6 is 0 Å². The van der Waals surface area contributed by atoms with Crippen molar-refractivity contribution in [3.05, 3.63) is 0 Å². The highest BCUT2D eigenvalue weighted by Crippen LogP contribution is 2.30. The number of hydrogen-bond donors (Lipinski definition) is 2. The summed E-state index contributed by atoms with van der Waals surface area (Å²) in [7, 11) is 0. The van der Waals surface area contributed by atoms with Crippen LogP contribution in [0.5, 0.6) is 0 Å². The Morgan fingerprint density at radius 2 is 1.83 bits per heavy atom. The summed E-state index contributed by atoms with van der Waals surface area (Å²) in [6, 6.07) is 0. The molecule has 106 valence electrons. The molecule has 3 nitrogen and oxygen atoms in total. The summed E-state index contributed by atoms with van der Waals surface area (Å²) in [6.45, 7) is 5.47. The van der Waals surface area contributed by atoms with Crippen LogP contribution in [-0.4, -0.2) is 37.0 Å². The van der Waals surface area contributed by atoms with E-state index >= 15 is 0 Å². The predicted molar refractivity (Wildman–Crippen MR) is 73.6 cm³/mol. The molecule has 2 fully saturated rings. The number of ether oxygens (including phenoxy) is 1. The molecular weight excluding hydrogens is 226 g/mol. The third-order valence-electron chi connectivity index (χ3n) is 4.94. The Morgan fingerprint density at radius 1 is 1.17 bits per heavy atom. The van der Waals surface area contributed by atoms with Crippen molar-refractivity contribution in [1.82, 2.24) is 5.32 Å². The molecule has 2 rings (SSSR count). The van der Waals surface area contributed by atoms with Crippen molar-refractivity contribution in [3.63, 3.8) is 0 Å². The van der Waals surface area contributed by atoms with E-state index in [0.29, 0.717) is 0 Å². The van der Waals surface area contributed by atoms with Gasteiger partial charge in [0.15, 0.2) is 0 Å². The maximum atomic E-state index is 9.27. The fourth-order valence-corrected chi connectivity index (χ4v) is 3.39. The van der Waals surface area contributed by atoms with Gasteiger partial charge in [-0.3, -0.25) is 0 Å². The SMILES string of the molecule is CC1CCC(CNC2(CCO)CCOCC2)CC1. The van der Waals surface area contributed by atoms with Gasteiger partial charge in [-0.1, -0.05) is 19.8 Å². The maximum Gasteiger partial charge on any atom is 0.0483 e. The van der Waals surface area contributed by atoms with Crippen LogP contribution in [0.1, 0.15) is 51.9 Å². The van der Waals surface area contributed by atoms with E-state index in [1.807, 2.05) is 0 Å². The van der Waals surface area contributed by atoms with Gasteiger partial charge in [0.2, 0.25) is 0 Å². The first-order valence-corrected chi connectivity index (χ1v) is 7.68. The molecule has 0 aromatic rings. The molecule has 0 amide bonds. The number of nitrogens with one attached hydrogen (secondary N) is 1. The minimum absolute atomic E-state index is 0.149. The third-order valence-corrected chi connectivity index (χ3v) is 4.94. The number of hydrogen-bond acceptors (Lipinski definition) is 3. The largest absolute Gasteiger partial charge is 0.396 e. The molecule has 0 radical (unpaired) electrons. The van der Waals surface area contributed by atoms with Gasteiger partial charge in [0.05, 0.1) is 0 Å². The van der Waals surface area contributed by atoms with Crippen LogP contribution in [0.4, 0.5) is 0 Å². The Hall–Kier alpha value is -0.120. The average Bonchev–Trinajstić information content (AvgIpc) is 2.40. The Morgan fingerprint density at radius 3 is 2.44 bits per heavy atom. The highest BCUT2D eigenvalue weighted by Gasteiger charge is 2.32. The van der Waals surface area contributed by atoms with Crippen molar-refractivity contribution in [1.29, 1.82) is 0 Å². The molecule has 1 heterocycles. The zero-order valence-corrected chi connectivity index (χ0v) is 11.8. The highest BCUT2D eigenvalue weighted by molar-refractivity contribution is 4.90. The van der Waals surface area contributed by atoms with Crippen LogP contribution < -0.4 is 5.32 Å². The second-order valence-electron chi connectivity index (χ2n) is 6.37. The fourth-order valence-electron chi connectivity index (χ4n) is 3.39. The number of aliphatic hydroxyl groups is 1. The maximum absolute atomic E-state index is 9.27. The summed E-state index contributed by atoms with van der Waals surface area (Å²) in [5.74, 6) is 1.77. The zero-order valence-electron chi connectivity index (χ0n) is 11.8. The first-order chi connectivity index (χ1) is 8.74. The topological polar surface area (TPSA) is 41.5 Å². The molecule has 2 aliphatic rings. The molecule has 0 aromatic carbocycles. The molecule has 18 heavy (non-hydrogen) atoms. The van der Waals surface area contributed by atoms with Gasteiger partial charge in [-0.25, -0.2) is 0 Å². The number of rotatable bonds is 5. The smallest absolute Gasteiger partial charge is 0.0483 e. The normalized spacial score (nSPS) is 32.3. The van der Waals surface area contributed by atoms with Crippen molar-refractivity contribution >= 4 is 0 Å². The first-order valence-electron chi connectivity index (χ1n) is 7.68. The zero-order chi connectivity index (χ0) is 12.8. The van der Waals surface area contributed by atoms with Crippen molar-refractivity contribution in [2.24, 2.45) is 11.8 Å². The average molecular weight is 255 g/mol. The lowest BCUT2D eigenvalue weighted by molar-refractivity contribution is 0.0248. The summed E-state index contributed by atoms with van der Waals surface area (Å²) in [5, 5.41) is 13.1. The lowest BCUT2D eigenvalue weighted by Gasteiger charge is -2.39. The Bertz CT molecular complexity index is 225. The molecule has 2 N–H and O–H groups in total. The lowest BCUT2D eigenvalue weighted by Crippen LogP contribution is -2.51. The molecule has 1 aliphatic carbocycles. The Kier molecular flexibility index (Phi) is 5.46. The molecular formula is C15H29NO2. The van der Waals surface area contributed by atoms with Gasteiger partial charge in [-0.15, -0.1) is 0 Å². The van der Waals surface area contributed by atoms with Crippen molar-refractivity contribution in [2.75, 3.05) is 26.4 Å². The molecule has 1 aliphatic heterocycles. The lowest BCUT2D eigenvalue weighted by atomic mass is 9.81. The van der Waals surface area contributed by atoms with E-state index in [-0.39, 0.29) is 12.1 Å². The van der Waals surface area contributed by atoms with Crippen LogP contribution in [-0.2, 0) is 4.74 Å². The van der Waals surface area contributed by atoms with Gasteiger partial charge in [-0.2, -0.15) is 0 Å². The van der Waals surface area contributed by atoms with Gasteiger partial charge >= 0.3 is 0 Å². The second kappa shape index (κ2) is 6.88. The summed E-state index contributed by atoms with van der Waals surface area (Å²) in [6.07, 6.45) is 8.51. The Balaban J connectivity index is 1.78. The number of aliphatic hydroxyl groups excluding tert-OH is 1. The first kappa shape index (κ1) is 14.3. The van der Waals surface area contributed by atoms with Gasteiger partial charge in [-0.05, 0) is 50.5 Å². The van der Waals surface area contributed by atoms with Crippen LogP contribution in [0.3, 0.4) is 0 Å². The summed E-state index contributed by atoms with van der Waals surface area (Å²) in [5.41, 5.74) is 0.149. The molecule has 0 spiro atoms. The third kappa shape index (κ3) is 3.94. The van der Waals surface area contributed by atoms with E-state index in [1.165, 1.54) is 25.7 Å².